The highest BCUT2D eigenvalue weighted by molar-refractivity contribution is 7.93. The lowest BCUT2D eigenvalue weighted by molar-refractivity contribution is 0.0817. The standard InChI is InChI=1S/C16H12ClF3N2O3S/c17-9-1-3-11-14(5-9)21-7-15(11)26(23,24)22-13-4-2-10(6-12(13)18)25-8-16(19)20/h1-7,16,21-22H,8H2. The number of sulfonamides is 1. The van der Waals surface area contributed by atoms with Crippen LogP contribution in [0.15, 0.2) is 47.5 Å². The fourth-order valence-corrected chi connectivity index (χ4v) is 3.74. The highest BCUT2D eigenvalue weighted by Crippen LogP contribution is 2.28. The summed E-state index contributed by atoms with van der Waals surface area (Å²) in [6, 6.07) is 7.74. The third-order valence-corrected chi connectivity index (χ3v) is 5.10. The van der Waals surface area contributed by atoms with Gasteiger partial charge in [-0.3, -0.25) is 4.72 Å². The lowest BCUT2D eigenvalue weighted by atomic mass is 10.2. The normalized spacial score (nSPS) is 11.9. The SMILES string of the molecule is O=S(=O)(Nc1ccc(OCC(F)F)cc1F)c1c[nH]c2cc(Cl)ccc12. The smallest absolute Gasteiger partial charge is 0.272 e. The van der Waals surface area contributed by atoms with Crippen LogP contribution in [0, 0.1) is 5.82 Å². The van der Waals surface area contributed by atoms with Gasteiger partial charge < -0.3 is 9.72 Å². The van der Waals surface area contributed by atoms with Gasteiger partial charge in [0.05, 0.1) is 5.69 Å². The summed E-state index contributed by atoms with van der Waals surface area (Å²) in [5.41, 5.74) is 0.173. The molecule has 0 amide bonds. The van der Waals surface area contributed by atoms with Gasteiger partial charge in [0, 0.05) is 28.2 Å². The second kappa shape index (κ2) is 7.08. The second-order valence-electron chi connectivity index (χ2n) is 5.29. The molecule has 0 bridgehead atoms. The van der Waals surface area contributed by atoms with Crippen molar-refractivity contribution in [3.63, 3.8) is 0 Å². The van der Waals surface area contributed by atoms with Crippen LogP contribution in [0.5, 0.6) is 5.75 Å². The Balaban J connectivity index is 1.87. The number of hydrogen-bond acceptors (Lipinski definition) is 3. The molecule has 5 nitrogen and oxygen atoms in total. The summed E-state index contributed by atoms with van der Waals surface area (Å²) >= 11 is 5.86. The number of hydrogen-bond donors (Lipinski definition) is 2. The van der Waals surface area contributed by atoms with Crippen LogP contribution in [0.25, 0.3) is 10.9 Å². The van der Waals surface area contributed by atoms with Crippen molar-refractivity contribution in [1.29, 1.82) is 0 Å². The molecule has 0 spiro atoms. The summed E-state index contributed by atoms with van der Waals surface area (Å²) in [4.78, 5) is 2.70. The second-order valence-corrected chi connectivity index (χ2v) is 7.38. The van der Waals surface area contributed by atoms with E-state index in [0.717, 1.165) is 12.1 Å². The van der Waals surface area contributed by atoms with Gasteiger partial charge in [0.25, 0.3) is 16.4 Å². The van der Waals surface area contributed by atoms with Gasteiger partial charge in [0.15, 0.2) is 5.82 Å². The number of benzene rings is 2. The average molecular weight is 405 g/mol. The quantitative estimate of drug-likeness (QED) is 0.639. The molecule has 1 heterocycles. The largest absolute Gasteiger partial charge is 0.488 e. The molecule has 0 fully saturated rings. The Morgan fingerprint density at radius 3 is 2.65 bits per heavy atom. The van der Waals surface area contributed by atoms with Crippen LogP contribution in [0.2, 0.25) is 5.02 Å². The average Bonchev–Trinajstić information content (AvgIpc) is 2.99. The van der Waals surface area contributed by atoms with Crippen molar-refractivity contribution < 1.29 is 26.3 Å². The third kappa shape index (κ3) is 3.88. The minimum absolute atomic E-state index is 0.0819. The molecule has 0 aliphatic carbocycles. The highest BCUT2D eigenvalue weighted by atomic mass is 35.5. The predicted molar refractivity (Wildman–Crippen MR) is 92.0 cm³/mol. The number of anilines is 1. The Morgan fingerprint density at radius 1 is 1.19 bits per heavy atom. The molecule has 2 N–H and O–H groups in total. The first-order valence-corrected chi connectivity index (χ1v) is 9.12. The third-order valence-electron chi connectivity index (χ3n) is 3.46. The van der Waals surface area contributed by atoms with Gasteiger partial charge in [-0.25, -0.2) is 21.6 Å². The molecule has 1 aromatic heterocycles. The van der Waals surface area contributed by atoms with E-state index in [9.17, 15) is 21.6 Å². The number of aromatic amines is 1. The molecule has 0 saturated carbocycles. The first-order chi connectivity index (χ1) is 12.3. The first-order valence-electron chi connectivity index (χ1n) is 7.26. The van der Waals surface area contributed by atoms with Gasteiger partial charge in [-0.2, -0.15) is 0 Å². The van der Waals surface area contributed by atoms with Gasteiger partial charge in [0.1, 0.15) is 17.3 Å². The molecule has 2 aromatic carbocycles. The van der Waals surface area contributed by atoms with Crippen LogP contribution in [0.3, 0.4) is 0 Å². The predicted octanol–water partition coefficient (Wildman–Crippen LogP) is 4.41. The molecule has 0 atom stereocenters. The topological polar surface area (TPSA) is 71.2 Å². The van der Waals surface area contributed by atoms with Crippen LogP contribution in [0.4, 0.5) is 18.9 Å². The molecule has 0 aliphatic heterocycles. The van der Waals surface area contributed by atoms with Gasteiger partial charge in [-0.15, -0.1) is 0 Å². The summed E-state index contributed by atoms with van der Waals surface area (Å²) in [5.74, 6) is -1.09. The number of H-pyrrole nitrogens is 1. The van der Waals surface area contributed by atoms with Crippen LogP contribution in [-0.2, 0) is 10.0 Å². The first kappa shape index (κ1) is 18.4. The number of nitrogens with one attached hydrogen (secondary N) is 2. The van der Waals surface area contributed by atoms with Crippen molar-refractivity contribution in [1.82, 2.24) is 4.98 Å². The Morgan fingerprint density at radius 2 is 1.96 bits per heavy atom. The van der Waals surface area contributed by atoms with Crippen LogP contribution < -0.4 is 9.46 Å². The minimum atomic E-state index is -4.10. The zero-order chi connectivity index (χ0) is 18.9. The van der Waals surface area contributed by atoms with Gasteiger partial charge in [-0.05, 0) is 30.3 Å². The molecule has 0 saturated heterocycles. The van der Waals surface area contributed by atoms with Crippen molar-refractivity contribution in [2.24, 2.45) is 0 Å². The number of halogens is 4. The number of ether oxygens (including phenoxy) is 1. The molecule has 0 aliphatic rings. The lowest BCUT2D eigenvalue weighted by Gasteiger charge is -2.10. The Hall–Kier alpha value is -2.39. The molecule has 3 rings (SSSR count). The summed E-state index contributed by atoms with van der Waals surface area (Å²) in [6.45, 7) is -0.886. The van der Waals surface area contributed by atoms with Crippen molar-refractivity contribution >= 4 is 38.2 Å². The van der Waals surface area contributed by atoms with E-state index >= 15 is 0 Å². The molecule has 26 heavy (non-hydrogen) atoms. The number of fused-ring (bicyclic) bond motifs is 1. The fraction of sp³-hybridized carbons (Fsp3) is 0.125. The van der Waals surface area contributed by atoms with E-state index in [2.05, 4.69) is 14.4 Å². The Kier molecular flexibility index (Phi) is 5.01. The monoisotopic (exact) mass is 404 g/mol. The zero-order valence-corrected chi connectivity index (χ0v) is 14.5. The maximum Gasteiger partial charge on any atom is 0.272 e. The molecule has 0 unspecified atom stereocenters. The van der Waals surface area contributed by atoms with Crippen LogP contribution in [0.1, 0.15) is 0 Å². The van der Waals surface area contributed by atoms with Crippen molar-refractivity contribution in [3.8, 4) is 5.75 Å². The van der Waals surface area contributed by atoms with E-state index in [1.807, 2.05) is 0 Å². The van der Waals surface area contributed by atoms with E-state index in [1.54, 1.807) is 6.07 Å². The van der Waals surface area contributed by atoms with Gasteiger partial charge >= 0.3 is 0 Å². The summed E-state index contributed by atoms with van der Waals surface area (Å²) < 4.78 is 70.2. The maximum absolute atomic E-state index is 14.1. The van der Waals surface area contributed by atoms with E-state index in [1.165, 1.54) is 24.4 Å². The number of aromatic nitrogens is 1. The van der Waals surface area contributed by atoms with E-state index in [-0.39, 0.29) is 16.3 Å². The number of alkyl halides is 2. The van der Waals surface area contributed by atoms with E-state index < -0.39 is 28.9 Å². The molecule has 138 valence electrons. The fourth-order valence-electron chi connectivity index (χ4n) is 2.32. The molecular formula is C16H12ClF3N2O3S. The summed E-state index contributed by atoms with van der Waals surface area (Å²) in [6.07, 6.45) is -1.44. The van der Waals surface area contributed by atoms with Crippen LogP contribution >= 0.6 is 11.6 Å². The maximum atomic E-state index is 14.1. The van der Waals surface area contributed by atoms with Gasteiger partial charge in [-0.1, -0.05) is 11.6 Å². The molecule has 0 radical (unpaired) electrons. The van der Waals surface area contributed by atoms with Gasteiger partial charge in [0.2, 0.25) is 0 Å². The number of rotatable bonds is 6. The molecule has 10 heteroatoms. The molecular weight excluding hydrogens is 393 g/mol. The summed E-state index contributed by atoms with van der Waals surface area (Å²) in [5, 5.41) is 0.820. The minimum Gasteiger partial charge on any atom is -0.488 e. The van der Waals surface area contributed by atoms with E-state index in [0.29, 0.717) is 15.9 Å². The highest BCUT2D eigenvalue weighted by Gasteiger charge is 2.21. The summed E-state index contributed by atoms with van der Waals surface area (Å²) in [7, 11) is -4.10. The van der Waals surface area contributed by atoms with Crippen molar-refractivity contribution in [3.05, 3.63) is 53.4 Å². The van der Waals surface area contributed by atoms with Crippen molar-refractivity contribution in [2.45, 2.75) is 11.3 Å². The molecule has 3 aromatic rings. The van der Waals surface area contributed by atoms with Crippen LogP contribution in [-0.4, -0.2) is 26.4 Å². The Labute approximate surface area is 151 Å². The van der Waals surface area contributed by atoms with Crippen molar-refractivity contribution in [2.75, 3.05) is 11.3 Å². The zero-order valence-electron chi connectivity index (χ0n) is 13.0. The Bertz CT molecular complexity index is 1050. The lowest BCUT2D eigenvalue weighted by Crippen LogP contribution is -2.14. The van der Waals surface area contributed by atoms with E-state index in [4.69, 9.17) is 11.6 Å².